The van der Waals surface area contributed by atoms with Crippen molar-refractivity contribution in [3.63, 3.8) is 0 Å². The van der Waals surface area contributed by atoms with Gasteiger partial charge in [-0.05, 0) is 18.9 Å². The predicted molar refractivity (Wildman–Crippen MR) is 106 cm³/mol. The SMILES string of the molecule is CCCCCCCCCCCCCCCC[n+]1cccc(CC)c1.[Cl-]. The third kappa shape index (κ3) is 14.3. The van der Waals surface area contributed by atoms with Gasteiger partial charge < -0.3 is 12.4 Å². The smallest absolute Gasteiger partial charge is 0.171 e. The molecule has 0 aliphatic rings. The van der Waals surface area contributed by atoms with Crippen molar-refractivity contribution in [2.45, 2.75) is 117 Å². The minimum Gasteiger partial charge on any atom is -1.00 e. The molecule has 0 radical (unpaired) electrons. The summed E-state index contributed by atoms with van der Waals surface area (Å²) in [6, 6.07) is 4.41. The van der Waals surface area contributed by atoms with Gasteiger partial charge in [0.15, 0.2) is 12.4 Å². The van der Waals surface area contributed by atoms with Crippen LogP contribution in [0.5, 0.6) is 0 Å². The lowest BCUT2D eigenvalue weighted by Gasteiger charge is -2.03. The molecule has 0 fully saturated rings. The summed E-state index contributed by atoms with van der Waals surface area (Å²) in [5, 5.41) is 0. The maximum atomic E-state index is 2.36. The fourth-order valence-electron chi connectivity index (χ4n) is 3.41. The fraction of sp³-hybridized carbons (Fsp3) is 0.783. The van der Waals surface area contributed by atoms with Crippen LogP contribution < -0.4 is 17.0 Å². The fourth-order valence-corrected chi connectivity index (χ4v) is 3.41. The molecular weight excluding hydrogens is 326 g/mol. The average Bonchev–Trinajstić information content (AvgIpc) is 2.62. The van der Waals surface area contributed by atoms with Gasteiger partial charge in [0, 0.05) is 18.1 Å². The second-order valence-corrected chi connectivity index (χ2v) is 7.40. The summed E-state index contributed by atoms with van der Waals surface area (Å²) in [4.78, 5) is 0. The molecule has 1 aromatic rings. The van der Waals surface area contributed by atoms with E-state index in [-0.39, 0.29) is 12.4 Å². The molecule has 1 aromatic heterocycles. The molecule has 0 amide bonds. The Kier molecular flexibility index (Phi) is 17.8. The number of unbranched alkanes of at least 4 members (excludes halogenated alkanes) is 13. The van der Waals surface area contributed by atoms with Gasteiger partial charge in [0.05, 0.1) is 0 Å². The summed E-state index contributed by atoms with van der Waals surface area (Å²) >= 11 is 0. The van der Waals surface area contributed by atoms with Crippen LogP contribution in [0.4, 0.5) is 0 Å². The van der Waals surface area contributed by atoms with Crippen molar-refractivity contribution in [3.8, 4) is 0 Å². The highest BCUT2D eigenvalue weighted by Gasteiger charge is 2.01. The molecule has 1 rings (SSSR count). The Labute approximate surface area is 164 Å². The zero-order valence-corrected chi connectivity index (χ0v) is 17.7. The van der Waals surface area contributed by atoms with Crippen LogP contribution in [0.15, 0.2) is 24.5 Å². The van der Waals surface area contributed by atoms with Gasteiger partial charge in [-0.25, -0.2) is 4.57 Å². The molecule has 0 spiro atoms. The van der Waals surface area contributed by atoms with Gasteiger partial charge in [0.25, 0.3) is 0 Å². The van der Waals surface area contributed by atoms with Gasteiger partial charge in [-0.1, -0.05) is 90.9 Å². The Bertz CT molecular complexity index is 391. The second kappa shape index (κ2) is 18.2. The largest absolute Gasteiger partial charge is 1.00 e. The van der Waals surface area contributed by atoms with E-state index < -0.39 is 0 Å². The quantitative estimate of drug-likeness (QED) is 0.307. The van der Waals surface area contributed by atoms with Crippen LogP contribution in [-0.4, -0.2) is 0 Å². The van der Waals surface area contributed by atoms with E-state index in [0.29, 0.717) is 0 Å². The maximum absolute atomic E-state index is 2.36. The highest BCUT2D eigenvalue weighted by Crippen LogP contribution is 2.12. The lowest BCUT2D eigenvalue weighted by atomic mass is 10.0. The number of pyridine rings is 1. The van der Waals surface area contributed by atoms with Crippen LogP contribution in [0.2, 0.25) is 0 Å². The van der Waals surface area contributed by atoms with E-state index in [0.717, 1.165) is 6.42 Å². The molecule has 146 valence electrons. The van der Waals surface area contributed by atoms with Crippen LogP contribution in [0.25, 0.3) is 0 Å². The number of halogens is 1. The van der Waals surface area contributed by atoms with Crippen molar-refractivity contribution in [1.29, 1.82) is 0 Å². The number of rotatable bonds is 16. The van der Waals surface area contributed by atoms with Gasteiger partial charge in [-0.2, -0.15) is 0 Å². The summed E-state index contributed by atoms with van der Waals surface area (Å²) in [5.41, 5.74) is 1.45. The van der Waals surface area contributed by atoms with Gasteiger partial charge in [-0.15, -0.1) is 0 Å². The highest BCUT2D eigenvalue weighted by atomic mass is 35.5. The van der Waals surface area contributed by atoms with Crippen molar-refractivity contribution in [3.05, 3.63) is 30.1 Å². The normalized spacial score (nSPS) is 10.6. The Morgan fingerprint density at radius 3 is 1.64 bits per heavy atom. The van der Waals surface area contributed by atoms with Crippen LogP contribution in [0.1, 0.15) is 109 Å². The van der Waals surface area contributed by atoms with Crippen LogP contribution >= 0.6 is 0 Å². The zero-order valence-electron chi connectivity index (χ0n) is 16.9. The van der Waals surface area contributed by atoms with Crippen LogP contribution in [0, 0.1) is 0 Å². The average molecular weight is 368 g/mol. The Morgan fingerprint density at radius 1 is 0.680 bits per heavy atom. The first kappa shape index (κ1) is 24.4. The zero-order chi connectivity index (χ0) is 17.3. The first-order valence-electron chi connectivity index (χ1n) is 10.8. The molecule has 1 heterocycles. The Morgan fingerprint density at radius 2 is 1.16 bits per heavy atom. The van der Waals surface area contributed by atoms with Gasteiger partial charge in [0.2, 0.25) is 0 Å². The number of aryl methyl sites for hydroxylation is 2. The lowest BCUT2D eigenvalue weighted by Crippen LogP contribution is -3.00. The van der Waals surface area contributed by atoms with E-state index in [1.165, 1.54) is 102 Å². The Balaban J connectivity index is 0.00000576. The topological polar surface area (TPSA) is 3.88 Å². The number of nitrogens with zero attached hydrogens (tertiary/aromatic N) is 1. The van der Waals surface area contributed by atoms with Crippen LogP contribution in [-0.2, 0) is 13.0 Å². The third-order valence-corrected chi connectivity index (χ3v) is 5.10. The third-order valence-electron chi connectivity index (χ3n) is 5.10. The minimum absolute atomic E-state index is 0. The van der Waals surface area contributed by atoms with Gasteiger partial charge >= 0.3 is 0 Å². The minimum atomic E-state index is 0. The monoisotopic (exact) mass is 367 g/mol. The molecule has 0 saturated carbocycles. The predicted octanol–water partition coefficient (Wildman–Crippen LogP) is 4.02. The molecule has 0 saturated heterocycles. The van der Waals surface area contributed by atoms with Crippen molar-refractivity contribution in [2.24, 2.45) is 0 Å². The molecule has 0 unspecified atom stereocenters. The lowest BCUT2D eigenvalue weighted by molar-refractivity contribution is -0.697. The van der Waals surface area contributed by atoms with Gasteiger partial charge in [-0.3, -0.25) is 0 Å². The Hall–Kier alpha value is -0.560. The number of aromatic nitrogens is 1. The number of hydrogen-bond acceptors (Lipinski definition) is 0. The van der Waals surface area contributed by atoms with E-state index in [4.69, 9.17) is 0 Å². The molecule has 0 bridgehead atoms. The van der Waals surface area contributed by atoms with E-state index in [1.54, 1.807) is 0 Å². The number of hydrogen-bond donors (Lipinski definition) is 0. The molecule has 0 aromatic carbocycles. The molecular formula is C23H42ClN. The van der Waals surface area contributed by atoms with E-state index in [9.17, 15) is 0 Å². The summed E-state index contributed by atoms with van der Waals surface area (Å²) in [7, 11) is 0. The summed E-state index contributed by atoms with van der Waals surface area (Å²) in [6.07, 6.45) is 25.7. The molecule has 25 heavy (non-hydrogen) atoms. The highest BCUT2D eigenvalue weighted by molar-refractivity contribution is 5.04. The first-order valence-corrected chi connectivity index (χ1v) is 10.8. The molecule has 0 aliphatic carbocycles. The van der Waals surface area contributed by atoms with Crippen LogP contribution in [0.3, 0.4) is 0 Å². The summed E-state index contributed by atoms with van der Waals surface area (Å²) in [5.74, 6) is 0. The molecule has 2 heteroatoms. The molecule has 0 atom stereocenters. The van der Waals surface area contributed by atoms with Crippen molar-refractivity contribution in [2.75, 3.05) is 0 Å². The van der Waals surface area contributed by atoms with E-state index in [1.807, 2.05) is 0 Å². The maximum Gasteiger partial charge on any atom is 0.171 e. The molecule has 1 nitrogen and oxygen atoms in total. The molecule has 0 N–H and O–H groups in total. The molecule has 0 aliphatic heterocycles. The van der Waals surface area contributed by atoms with E-state index in [2.05, 4.69) is 42.9 Å². The van der Waals surface area contributed by atoms with Gasteiger partial charge in [0.1, 0.15) is 6.54 Å². The van der Waals surface area contributed by atoms with Crippen molar-refractivity contribution >= 4 is 0 Å². The van der Waals surface area contributed by atoms with Crippen molar-refractivity contribution < 1.29 is 17.0 Å². The van der Waals surface area contributed by atoms with Crippen molar-refractivity contribution in [1.82, 2.24) is 0 Å². The summed E-state index contributed by atoms with van der Waals surface area (Å²) < 4.78 is 2.36. The first-order chi connectivity index (χ1) is 11.9. The van der Waals surface area contributed by atoms with E-state index >= 15 is 0 Å². The standard InChI is InChI=1S/C23H42N.ClH/c1-3-5-6-7-8-9-10-11-12-13-14-15-16-17-20-24-21-18-19-23(4-2)22-24;/h18-19,21-22H,3-17,20H2,1-2H3;1H/q+1;/p-1. The summed E-state index contributed by atoms with van der Waals surface area (Å²) in [6.45, 7) is 5.71. The second-order valence-electron chi connectivity index (χ2n) is 7.40.